The van der Waals surface area contributed by atoms with Crippen LogP contribution in [0.15, 0.2) is 34.1 Å². The van der Waals surface area contributed by atoms with Gasteiger partial charge in [-0.15, -0.1) is 0 Å². The number of unbranched alkanes of at least 4 members (excludes halogenated alkanes) is 4. The van der Waals surface area contributed by atoms with Gasteiger partial charge in [0.25, 0.3) is 5.56 Å². The van der Waals surface area contributed by atoms with Crippen LogP contribution < -0.4 is 5.56 Å². The molecule has 3 rings (SSSR count). The number of aliphatic carboxylic acids is 1. The molecule has 0 unspecified atom stereocenters. The van der Waals surface area contributed by atoms with Crippen molar-refractivity contribution < 1.29 is 23.4 Å². The van der Waals surface area contributed by atoms with Gasteiger partial charge in [-0.1, -0.05) is 50.4 Å². The Morgan fingerprint density at radius 2 is 1.90 bits per heavy atom. The van der Waals surface area contributed by atoms with Crippen molar-refractivity contribution in [3.8, 4) is 11.1 Å². The third kappa shape index (κ3) is 4.44. The zero-order chi connectivity index (χ0) is 21.8. The van der Waals surface area contributed by atoms with Crippen LogP contribution in [0.4, 0.5) is 8.78 Å². The van der Waals surface area contributed by atoms with Crippen LogP contribution in [0.3, 0.4) is 0 Å². The summed E-state index contributed by atoms with van der Waals surface area (Å²) in [4.78, 5) is 24.7. The van der Waals surface area contributed by atoms with E-state index in [0.29, 0.717) is 28.1 Å². The van der Waals surface area contributed by atoms with Crippen molar-refractivity contribution in [2.75, 3.05) is 7.11 Å². The SMILES string of the molecule is CCCCCCCc1cc(=O)n2c(c1-c1ccc(F)c(F)c1)S[C@H](OC)[C@H]2C(=O)O. The number of rotatable bonds is 9. The standard InChI is InChI=1S/C22H25F2NO4S/c1-3-4-5-6-7-8-13-12-17(26)25-19(21(27)28)22(29-2)30-20(25)18(13)14-9-10-15(23)16(24)11-14/h9-12,19,22H,3-8H2,1-2H3,(H,27,28)/t19-,22+/m1/s1. The average Bonchev–Trinajstić information content (AvgIpc) is 3.10. The average molecular weight is 438 g/mol. The number of fused-ring (bicyclic) bond motifs is 1. The van der Waals surface area contributed by atoms with Gasteiger partial charge >= 0.3 is 5.97 Å². The van der Waals surface area contributed by atoms with Gasteiger partial charge in [-0.05, 0) is 36.1 Å². The molecule has 0 fully saturated rings. The summed E-state index contributed by atoms with van der Waals surface area (Å²) in [7, 11) is 1.39. The van der Waals surface area contributed by atoms with Crippen LogP contribution in [-0.4, -0.2) is 28.2 Å². The number of pyridine rings is 1. The highest BCUT2D eigenvalue weighted by molar-refractivity contribution is 8.00. The minimum Gasteiger partial charge on any atom is -0.480 e. The molecule has 1 aromatic heterocycles. The maximum Gasteiger partial charge on any atom is 0.330 e. The zero-order valence-electron chi connectivity index (χ0n) is 17.0. The second-order valence-corrected chi connectivity index (χ2v) is 8.44. The number of nitrogens with zero attached hydrogens (tertiary/aromatic N) is 1. The molecule has 5 nitrogen and oxygen atoms in total. The predicted octanol–water partition coefficient (Wildman–Crippen LogP) is 5.01. The molecule has 0 aliphatic carbocycles. The Balaban J connectivity index is 2.12. The monoisotopic (exact) mass is 437 g/mol. The lowest BCUT2D eigenvalue weighted by Gasteiger charge is -2.17. The quantitative estimate of drug-likeness (QED) is 0.559. The smallest absolute Gasteiger partial charge is 0.330 e. The van der Waals surface area contributed by atoms with Gasteiger partial charge in [-0.2, -0.15) is 0 Å². The summed E-state index contributed by atoms with van der Waals surface area (Å²) in [5.41, 5.74) is 0.468. The summed E-state index contributed by atoms with van der Waals surface area (Å²) < 4.78 is 34.0. The number of carboxylic acids is 1. The highest BCUT2D eigenvalue weighted by Gasteiger charge is 2.41. The number of methoxy groups -OCH3 is 1. The molecule has 1 aliphatic heterocycles. The van der Waals surface area contributed by atoms with Crippen LogP contribution in [0.5, 0.6) is 0 Å². The fraction of sp³-hybridized carbons (Fsp3) is 0.455. The molecule has 2 heterocycles. The van der Waals surface area contributed by atoms with E-state index in [4.69, 9.17) is 4.74 Å². The number of halogens is 2. The second kappa shape index (κ2) is 9.75. The molecule has 1 aliphatic rings. The normalized spacial score (nSPS) is 17.9. The number of aryl methyl sites for hydroxylation is 1. The van der Waals surface area contributed by atoms with E-state index in [1.54, 1.807) is 0 Å². The van der Waals surface area contributed by atoms with Crippen molar-refractivity contribution in [3.63, 3.8) is 0 Å². The Morgan fingerprint density at radius 3 is 2.53 bits per heavy atom. The van der Waals surface area contributed by atoms with E-state index in [2.05, 4.69) is 6.92 Å². The molecule has 0 spiro atoms. The molecular weight excluding hydrogens is 412 g/mol. The summed E-state index contributed by atoms with van der Waals surface area (Å²) in [6.45, 7) is 2.13. The fourth-order valence-electron chi connectivity index (χ4n) is 3.80. The van der Waals surface area contributed by atoms with Gasteiger partial charge in [-0.3, -0.25) is 9.36 Å². The largest absolute Gasteiger partial charge is 0.480 e. The molecule has 1 N–H and O–H groups in total. The van der Waals surface area contributed by atoms with Gasteiger partial charge < -0.3 is 9.84 Å². The third-order valence-electron chi connectivity index (χ3n) is 5.30. The summed E-state index contributed by atoms with van der Waals surface area (Å²) in [5, 5.41) is 10.1. The maximum atomic E-state index is 14.0. The van der Waals surface area contributed by atoms with Crippen LogP contribution in [0.1, 0.15) is 50.6 Å². The minimum atomic E-state index is -1.19. The van der Waals surface area contributed by atoms with Crippen LogP contribution in [0.25, 0.3) is 11.1 Å². The van der Waals surface area contributed by atoms with Crippen LogP contribution >= 0.6 is 11.8 Å². The molecule has 0 amide bonds. The molecule has 0 radical (unpaired) electrons. The minimum absolute atomic E-state index is 0.412. The van der Waals surface area contributed by atoms with E-state index in [1.807, 2.05) is 0 Å². The van der Waals surface area contributed by atoms with Gasteiger partial charge in [0.1, 0.15) is 5.44 Å². The number of benzene rings is 1. The van der Waals surface area contributed by atoms with E-state index in [9.17, 15) is 23.5 Å². The summed E-state index contributed by atoms with van der Waals surface area (Å²) >= 11 is 1.12. The number of carboxylic acid groups (broad SMARTS) is 1. The van der Waals surface area contributed by atoms with Crippen LogP contribution in [-0.2, 0) is 16.0 Å². The number of aromatic nitrogens is 1. The Morgan fingerprint density at radius 1 is 1.17 bits per heavy atom. The van der Waals surface area contributed by atoms with Gasteiger partial charge in [0, 0.05) is 18.7 Å². The first-order chi connectivity index (χ1) is 14.4. The Kier molecular flexibility index (Phi) is 7.31. The lowest BCUT2D eigenvalue weighted by atomic mass is 9.96. The molecule has 2 atom stereocenters. The van der Waals surface area contributed by atoms with E-state index < -0.39 is 34.6 Å². The van der Waals surface area contributed by atoms with E-state index in [1.165, 1.54) is 23.8 Å². The summed E-state index contributed by atoms with van der Waals surface area (Å²) in [6.07, 6.45) is 5.77. The number of hydrogen-bond donors (Lipinski definition) is 1. The van der Waals surface area contributed by atoms with E-state index in [-0.39, 0.29) is 0 Å². The van der Waals surface area contributed by atoms with E-state index in [0.717, 1.165) is 56.0 Å². The molecule has 2 aromatic rings. The predicted molar refractivity (Wildman–Crippen MR) is 112 cm³/mol. The summed E-state index contributed by atoms with van der Waals surface area (Å²) in [5.74, 6) is -3.14. The van der Waals surface area contributed by atoms with Crippen LogP contribution in [0.2, 0.25) is 0 Å². The fourth-order valence-corrected chi connectivity index (χ4v) is 5.17. The van der Waals surface area contributed by atoms with Gasteiger partial charge in [0.15, 0.2) is 17.7 Å². The molecule has 0 bridgehead atoms. The Labute approximate surface area is 178 Å². The number of ether oxygens (including phenoxy) is 1. The molecule has 8 heteroatoms. The maximum absolute atomic E-state index is 14.0. The first kappa shape index (κ1) is 22.5. The first-order valence-electron chi connectivity index (χ1n) is 10.0. The highest BCUT2D eigenvalue weighted by Crippen LogP contribution is 2.45. The van der Waals surface area contributed by atoms with Crippen molar-refractivity contribution in [3.05, 3.63) is 51.8 Å². The molecule has 0 saturated carbocycles. The van der Waals surface area contributed by atoms with Gasteiger partial charge in [0.05, 0.1) is 5.03 Å². The Hall–Kier alpha value is -2.19. The topological polar surface area (TPSA) is 68.5 Å². The number of hydrogen-bond acceptors (Lipinski definition) is 4. The van der Waals surface area contributed by atoms with Gasteiger partial charge in [-0.25, -0.2) is 13.6 Å². The Bertz CT molecular complexity index is 992. The zero-order valence-corrected chi connectivity index (χ0v) is 17.8. The second-order valence-electron chi connectivity index (χ2n) is 7.36. The number of carbonyl (C=O) groups is 1. The lowest BCUT2D eigenvalue weighted by molar-refractivity contribution is -0.143. The summed E-state index contributed by atoms with van der Waals surface area (Å²) in [6, 6.07) is 3.82. The first-order valence-corrected chi connectivity index (χ1v) is 10.9. The lowest BCUT2D eigenvalue weighted by Crippen LogP contribution is -2.33. The highest BCUT2D eigenvalue weighted by atomic mass is 32.2. The van der Waals surface area contributed by atoms with Crippen molar-refractivity contribution >= 4 is 17.7 Å². The molecule has 162 valence electrons. The van der Waals surface area contributed by atoms with Gasteiger partial charge in [0.2, 0.25) is 0 Å². The van der Waals surface area contributed by atoms with Crippen molar-refractivity contribution in [2.45, 2.75) is 62.0 Å². The van der Waals surface area contributed by atoms with Crippen molar-refractivity contribution in [2.24, 2.45) is 0 Å². The third-order valence-corrected chi connectivity index (χ3v) is 6.60. The van der Waals surface area contributed by atoms with E-state index >= 15 is 0 Å². The van der Waals surface area contributed by atoms with Crippen LogP contribution in [0, 0.1) is 11.6 Å². The molecular formula is C22H25F2NO4S. The molecule has 0 saturated heterocycles. The molecule has 1 aromatic carbocycles. The van der Waals surface area contributed by atoms with Crippen molar-refractivity contribution in [1.82, 2.24) is 4.57 Å². The molecule has 30 heavy (non-hydrogen) atoms. The van der Waals surface area contributed by atoms with Crippen molar-refractivity contribution in [1.29, 1.82) is 0 Å². The number of thioether (sulfide) groups is 1.